The third-order valence-electron chi connectivity index (χ3n) is 6.49. The molecule has 5 aromatic carbocycles. The summed E-state index contributed by atoms with van der Waals surface area (Å²) in [5.74, 6) is 0.807. The van der Waals surface area contributed by atoms with Crippen LogP contribution in [0.25, 0.3) is 61.5 Å². The molecule has 0 amide bonds. The number of fused-ring (bicyclic) bond motifs is 2. The fourth-order valence-electron chi connectivity index (χ4n) is 4.85. The molecule has 0 bridgehead atoms. The van der Waals surface area contributed by atoms with Gasteiger partial charge in [0.25, 0.3) is 0 Å². The van der Waals surface area contributed by atoms with Gasteiger partial charge in [0.05, 0.1) is 28.1 Å². The van der Waals surface area contributed by atoms with Gasteiger partial charge in [-0.05, 0) is 23.3 Å². The standard InChI is InChI=1S/C32H20N3O.Ir/c1-3-10-22(11-4-1)25-14-9-15-26(23-12-5-2-6-13-23)31(25)35-29-17-8-7-16-27(29)34-32(35)24-18-19-30-28(20-24)33-21-36-30;/h1-17,19-21H;/q-1;. The van der Waals surface area contributed by atoms with Crippen LogP contribution in [-0.2, 0) is 20.1 Å². The van der Waals surface area contributed by atoms with Crippen LogP contribution >= 0.6 is 0 Å². The van der Waals surface area contributed by atoms with Crippen LogP contribution in [0.4, 0.5) is 0 Å². The minimum Gasteiger partial charge on any atom is -0.490 e. The summed E-state index contributed by atoms with van der Waals surface area (Å²) >= 11 is 0. The van der Waals surface area contributed by atoms with Crippen LogP contribution in [0.5, 0.6) is 0 Å². The van der Waals surface area contributed by atoms with Crippen LogP contribution in [0.15, 0.2) is 126 Å². The average molecular weight is 655 g/mol. The molecule has 0 spiro atoms. The van der Waals surface area contributed by atoms with Crippen LogP contribution in [0.3, 0.4) is 0 Å². The largest absolute Gasteiger partial charge is 0.490 e. The van der Waals surface area contributed by atoms with E-state index >= 15 is 0 Å². The quantitative estimate of drug-likeness (QED) is 0.181. The van der Waals surface area contributed by atoms with Crippen molar-refractivity contribution in [3.05, 3.63) is 128 Å². The molecule has 0 saturated heterocycles. The first kappa shape index (κ1) is 23.1. The molecular weight excluding hydrogens is 635 g/mol. The summed E-state index contributed by atoms with van der Waals surface area (Å²) in [5, 5.41) is 0. The fourth-order valence-corrected chi connectivity index (χ4v) is 4.85. The maximum atomic E-state index is 5.47. The second kappa shape index (κ2) is 9.62. The molecule has 0 aliphatic heterocycles. The Morgan fingerprint density at radius 1 is 0.676 bits per heavy atom. The van der Waals surface area contributed by atoms with Crippen molar-refractivity contribution in [3.8, 4) is 39.3 Å². The van der Waals surface area contributed by atoms with Crippen LogP contribution in [0, 0.1) is 6.07 Å². The molecule has 37 heavy (non-hydrogen) atoms. The molecule has 2 heterocycles. The molecule has 0 aliphatic carbocycles. The Labute approximate surface area is 227 Å². The number of hydrogen-bond donors (Lipinski definition) is 0. The van der Waals surface area contributed by atoms with Crippen LogP contribution in [-0.4, -0.2) is 14.5 Å². The van der Waals surface area contributed by atoms with E-state index in [0.717, 1.165) is 55.9 Å². The van der Waals surface area contributed by atoms with Crippen molar-refractivity contribution >= 4 is 22.1 Å². The van der Waals surface area contributed by atoms with Gasteiger partial charge in [-0.15, -0.1) is 23.8 Å². The third kappa shape index (κ3) is 3.99. The van der Waals surface area contributed by atoms with Crippen molar-refractivity contribution < 1.29 is 24.5 Å². The number of rotatable bonds is 4. The molecule has 7 aromatic rings. The molecule has 0 atom stereocenters. The topological polar surface area (TPSA) is 43.9 Å². The maximum absolute atomic E-state index is 5.47. The van der Waals surface area contributed by atoms with Gasteiger partial charge in [-0.25, -0.2) is 4.98 Å². The molecule has 2 aromatic heterocycles. The van der Waals surface area contributed by atoms with E-state index in [-0.39, 0.29) is 20.1 Å². The number of oxazole rings is 1. The first-order chi connectivity index (χ1) is 17.9. The normalized spacial score (nSPS) is 11.0. The van der Waals surface area contributed by atoms with E-state index in [9.17, 15) is 0 Å². The van der Waals surface area contributed by atoms with E-state index in [2.05, 4.69) is 101 Å². The van der Waals surface area contributed by atoms with E-state index in [0.29, 0.717) is 5.58 Å². The summed E-state index contributed by atoms with van der Waals surface area (Å²) in [5.41, 5.74) is 9.91. The minimum atomic E-state index is 0. The van der Waals surface area contributed by atoms with Gasteiger partial charge in [-0.3, -0.25) is 4.98 Å². The molecule has 0 unspecified atom stereocenters. The first-order valence-corrected chi connectivity index (χ1v) is 11.8. The summed E-state index contributed by atoms with van der Waals surface area (Å²) in [4.78, 5) is 9.46. The van der Waals surface area contributed by atoms with Gasteiger partial charge in [-0.1, -0.05) is 91.0 Å². The van der Waals surface area contributed by atoms with Crippen molar-refractivity contribution in [2.75, 3.05) is 0 Å². The van der Waals surface area contributed by atoms with Crippen LogP contribution < -0.4 is 0 Å². The number of benzene rings is 5. The zero-order valence-electron chi connectivity index (χ0n) is 19.6. The Kier molecular flexibility index (Phi) is 6.01. The zero-order chi connectivity index (χ0) is 23.9. The number of para-hydroxylation sites is 3. The Balaban J connectivity index is 0.00000252. The molecule has 0 saturated carbocycles. The van der Waals surface area contributed by atoms with E-state index in [4.69, 9.17) is 9.40 Å². The van der Waals surface area contributed by atoms with E-state index in [1.807, 2.05) is 30.3 Å². The molecule has 1 radical (unpaired) electrons. The Morgan fingerprint density at radius 3 is 2.03 bits per heavy atom. The van der Waals surface area contributed by atoms with Gasteiger partial charge < -0.3 is 8.98 Å². The van der Waals surface area contributed by atoms with Crippen molar-refractivity contribution in [2.45, 2.75) is 0 Å². The number of imidazole rings is 1. The first-order valence-electron chi connectivity index (χ1n) is 11.8. The number of aromatic nitrogens is 3. The number of nitrogens with zero attached hydrogens (tertiary/aromatic N) is 3. The third-order valence-corrected chi connectivity index (χ3v) is 6.49. The maximum Gasteiger partial charge on any atom is 0.169 e. The van der Waals surface area contributed by atoms with Gasteiger partial charge in [0.1, 0.15) is 0 Å². The Hall–Kier alpha value is -4.31. The summed E-state index contributed by atoms with van der Waals surface area (Å²) < 4.78 is 7.73. The molecule has 0 fully saturated rings. The zero-order valence-corrected chi connectivity index (χ0v) is 22.0. The van der Waals surface area contributed by atoms with Crippen molar-refractivity contribution in [3.63, 3.8) is 0 Å². The number of hydrogen-bond acceptors (Lipinski definition) is 3. The van der Waals surface area contributed by atoms with Crippen LogP contribution in [0.1, 0.15) is 0 Å². The van der Waals surface area contributed by atoms with Gasteiger partial charge >= 0.3 is 0 Å². The van der Waals surface area contributed by atoms with Crippen LogP contribution in [0.2, 0.25) is 0 Å². The van der Waals surface area contributed by atoms with Crippen molar-refractivity contribution in [1.29, 1.82) is 0 Å². The van der Waals surface area contributed by atoms with Gasteiger partial charge in [-0.2, -0.15) is 0 Å². The second-order valence-corrected chi connectivity index (χ2v) is 8.64. The van der Waals surface area contributed by atoms with E-state index in [1.54, 1.807) is 0 Å². The summed E-state index contributed by atoms with van der Waals surface area (Å²) in [7, 11) is 0. The SMILES string of the molecule is [Ir].[c-]1cc2ocnc2cc1-c1nc2ccccc2n1-c1c(-c2ccccc2)cccc1-c1ccccc1. The Bertz CT molecular complexity index is 1780. The summed E-state index contributed by atoms with van der Waals surface area (Å²) in [6.07, 6.45) is 1.46. The van der Waals surface area contributed by atoms with E-state index < -0.39 is 0 Å². The predicted molar refractivity (Wildman–Crippen MR) is 144 cm³/mol. The molecule has 0 N–H and O–H groups in total. The summed E-state index contributed by atoms with van der Waals surface area (Å²) in [6.45, 7) is 0. The van der Waals surface area contributed by atoms with Crippen molar-refractivity contribution in [1.82, 2.24) is 14.5 Å². The molecular formula is C32H20IrN3O-. The van der Waals surface area contributed by atoms with E-state index in [1.165, 1.54) is 6.39 Å². The smallest absolute Gasteiger partial charge is 0.169 e. The fraction of sp³-hybridized carbons (Fsp3) is 0. The molecule has 179 valence electrons. The molecule has 5 heteroatoms. The average Bonchev–Trinajstić information content (AvgIpc) is 3.58. The monoisotopic (exact) mass is 655 g/mol. The van der Waals surface area contributed by atoms with Crippen molar-refractivity contribution in [2.24, 2.45) is 0 Å². The molecule has 7 rings (SSSR count). The molecule has 0 aliphatic rings. The minimum absolute atomic E-state index is 0. The van der Waals surface area contributed by atoms with Gasteiger partial charge in [0.15, 0.2) is 6.39 Å². The van der Waals surface area contributed by atoms with Gasteiger partial charge in [0, 0.05) is 36.7 Å². The predicted octanol–water partition coefficient (Wildman–Crippen LogP) is 7.97. The molecule has 4 nitrogen and oxygen atoms in total. The van der Waals surface area contributed by atoms with Gasteiger partial charge in [0.2, 0.25) is 0 Å². The Morgan fingerprint density at radius 2 is 1.32 bits per heavy atom. The second-order valence-electron chi connectivity index (χ2n) is 8.64. The summed E-state index contributed by atoms with van der Waals surface area (Å²) in [6, 6.07) is 43.0.